The van der Waals surface area contributed by atoms with Gasteiger partial charge in [-0.15, -0.1) is 0 Å². The van der Waals surface area contributed by atoms with Crippen molar-refractivity contribution in [3.8, 4) is 5.75 Å². The van der Waals surface area contributed by atoms with Crippen LogP contribution >= 0.6 is 0 Å². The lowest BCUT2D eigenvalue weighted by atomic mass is 10.1. The van der Waals surface area contributed by atoms with Crippen LogP contribution in [0.2, 0.25) is 0 Å². The van der Waals surface area contributed by atoms with Crippen LogP contribution in [-0.2, 0) is 0 Å². The Kier molecular flexibility index (Phi) is 4.85. The summed E-state index contributed by atoms with van der Waals surface area (Å²) in [6.07, 6.45) is -1.07. The summed E-state index contributed by atoms with van der Waals surface area (Å²) in [6.45, 7) is 2.48. The molecular formula is C15H16F3N3O. The summed E-state index contributed by atoms with van der Waals surface area (Å²) in [7, 11) is 0. The number of ether oxygens (including phenoxy) is 1. The summed E-state index contributed by atoms with van der Waals surface area (Å²) in [5.41, 5.74) is 1.70. The van der Waals surface area contributed by atoms with Crippen molar-refractivity contribution in [1.29, 1.82) is 0 Å². The second kappa shape index (κ2) is 6.64. The van der Waals surface area contributed by atoms with Gasteiger partial charge in [0.05, 0.1) is 11.9 Å². The quantitative estimate of drug-likeness (QED) is 0.910. The van der Waals surface area contributed by atoms with Crippen LogP contribution in [0.1, 0.15) is 24.2 Å². The van der Waals surface area contributed by atoms with Crippen LogP contribution in [0.4, 0.5) is 19.0 Å². The lowest BCUT2D eigenvalue weighted by molar-refractivity contribution is -0.153. The average Bonchev–Trinajstić information content (AvgIpc) is 2.45. The van der Waals surface area contributed by atoms with Crippen molar-refractivity contribution < 1.29 is 17.9 Å². The third-order valence-corrected chi connectivity index (χ3v) is 2.90. The van der Waals surface area contributed by atoms with Crippen LogP contribution in [0.15, 0.2) is 36.7 Å². The molecule has 7 heteroatoms. The van der Waals surface area contributed by atoms with Gasteiger partial charge in [-0.3, -0.25) is 4.98 Å². The summed E-state index contributed by atoms with van der Waals surface area (Å²) in [5.74, 6) is 0.827. The molecule has 22 heavy (non-hydrogen) atoms. The molecule has 2 aromatic rings. The maximum absolute atomic E-state index is 12.1. The summed E-state index contributed by atoms with van der Waals surface area (Å²) in [6, 6.07) is 6.40. The molecule has 0 amide bonds. The molecule has 0 saturated heterocycles. The number of alkyl halides is 3. The molecule has 1 aromatic heterocycles. The van der Waals surface area contributed by atoms with Gasteiger partial charge < -0.3 is 10.1 Å². The van der Waals surface area contributed by atoms with E-state index in [1.807, 2.05) is 13.8 Å². The van der Waals surface area contributed by atoms with E-state index in [-0.39, 0.29) is 11.8 Å². The fourth-order valence-corrected chi connectivity index (χ4v) is 1.86. The molecule has 1 N–H and O–H groups in total. The minimum atomic E-state index is -4.34. The number of rotatable bonds is 5. The number of halogens is 3. The number of aryl methyl sites for hydroxylation is 1. The molecule has 1 unspecified atom stereocenters. The molecule has 0 spiro atoms. The predicted molar refractivity (Wildman–Crippen MR) is 76.8 cm³/mol. The van der Waals surface area contributed by atoms with E-state index < -0.39 is 12.8 Å². The first-order valence-electron chi connectivity index (χ1n) is 6.68. The Morgan fingerprint density at radius 2 is 1.86 bits per heavy atom. The minimum absolute atomic E-state index is 0.0623. The Bertz CT molecular complexity index is 614. The van der Waals surface area contributed by atoms with Crippen LogP contribution in [0.25, 0.3) is 0 Å². The second-order valence-electron chi connectivity index (χ2n) is 4.88. The highest BCUT2D eigenvalue weighted by Gasteiger charge is 2.28. The van der Waals surface area contributed by atoms with Crippen molar-refractivity contribution in [3.63, 3.8) is 0 Å². The molecule has 0 aliphatic rings. The maximum Gasteiger partial charge on any atom is 0.422 e. The Morgan fingerprint density at radius 3 is 2.45 bits per heavy atom. The highest BCUT2D eigenvalue weighted by Crippen LogP contribution is 2.22. The Hall–Kier alpha value is -2.31. The van der Waals surface area contributed by atoms with Gasteiger partial charge in [0, 0.05) is 12.2 Å². The van der Waals surface area contributed by atoms with E-state index in [0.29, 0.717) is 5.82 Å². The molecule has 1 aromatic carbocycles. The summed E-state index contributed by atoms with van der Waals surface area (Å²) in [5, 5.41) is 3.18. The van der Waals surface area contributed by atoms with Crippen LogP contribution in [-0.4, -0.2) is 22.8 Å². The standard InChI is InChI=1S/C15H16F3N3O/c1-10-7-19-8-14(20-10)21-11(2)12-3-5-13(6-4-12)22-9-15(16,17)18/h3-8,11H,9H2,1-2H3,(H,20,21). The number of nitrogens with one attached hydrogen (secondary N) is 1. The molecular weight excluding hydrogens is 295 g/mol. The van der Waals surface area contributed by atoms with Gasteiger partial charge in [0.15, 0.2) is 6.61 Å². The first-order valence-corrected chi connectivity index (χ1v) is 6.68. The third kappa shape index (κ3) is 4.91. The van der Waals surface area contributed by atoms with Gasteiger partial charge in [0.25, 0.3) is 0 Å². The Labute approximate surface area is 126 Å². The topological polar surface area (TPSA) is 47.0 Å². The third-order valence-electron chi connectivity index (χ3n) is 2.90. The Balaban J connectivity index is 1.97. The molecule has 0 fully saturated rings. The Morgan fingerprint density at radius 1 is 1.18 bits per heavy atom. The normalized spacial score (nSPS) is 12.8. The summed E-state index contributed by atoms with van der Waals surface area (Å²) in [4.78, 5) is 8.33. The zero-order valence-corrected chi connectivity index (χ0v) is 12.2. The van der Waals surface area contributed by atoms with Gasteiger partial charge in [-0.1, -0.05) is 12.1 Å². The fourth-order valence-electron chi connectivity index (χ4n) is 1.86. The summed E-state index contributed by atoms with van der Waals surface area (Å²) >= 11 is 0. The second-order valence-corrected chi connectivity index (χ2v) is 4.88. The SMILES string of the molecule is Cc1cncc(NC(C)c2ccc(OCC(F)(F)F)cc2)n1. The number of nitrogens with zero attached hydrogens (tertiary/aromatic N) is 2. The molecule has 0 aliphatic carbocycles. The van der Waals surface area contributed by atoms with Crippen molar-refractivity contribution in [2.45, 2.75) is 26.1 Å². The number of hydrogen-bond donors (Lipinski definition) is 1. The molecule has 2 rings (SSSR count). The van der Waals surface area contributed by atoms with Gasteiger partial charge in [-0.05, 0) is 31.5 Å². The molecule has 4 nitrogen and oxygen atoms in total. The van der Waals surface area contributed by atoms with Crippen molar-refractivity contribution in [2.75, 3.05) is 11.9 Å². The van der Waals surface area contributed by atoms with Gasteiger partial charge in [0.2, 0.25) is 0 Å². The van der Waals surface area contributed by atoms with E-state index in [1.165, 1.54) is 12.1 Å². The highest BCUT2D eigenvalue weighted by molar-refractivity contribution is 5.38. The van der Waals surface area contributed by atoms with Crippen LogP contribution in [0.5, 0.6) is 5.75 Å². The van der Waals surface area contributed by atoms with E-state index in [4.69, 9.17) is 0 Å². The predicted octanol–water partition coefficient (Wildman–Crippen LogP) is 3.90. The van der Waals surface area contributed by atoms with Gasteiger partial charge in [-0.25, -0.2) is 4.98 Å². The lowest BCUT2D eigenvalue weighted by Gasteiger charge is -2.16. The molecule has 0 radical (unpaired) electrons. The van der Waals surface area contributed by atoms with Crippen LogP contribution in [0, 0.1) is 6.92 Å². The number of anilines is 1. The van der Waals surface area contributed by atoms with E-state index in [2.05, 4.69) is 20.0 Å². The van der Waals surface area contributed by atoms with Crippen LogP contribution in [0.3, 0.4) is 0 Å². The van der Waals surface area contributed by atoms with E-state index in [9.17, 15) is 13.2 Å². The molecule has 1 heterocycles. The van der Waals surface area contributed by atoms with Gasteiger partial charge in [-0.2, -0.15) is 13.2 Å². The van der Waals surface area contributed by atoms with Crippen molar-refractivity contribution in [3.05, 3.63) is 47.9 Å². The smallest absolute Gasteiger partial charge is 0.422 e. The molecule has 1 atom stereocenters. The lowest BCUT2D eigenvalue weighted by Crippen LogP contribution is -2.19. The monoisotopic (exact) mass is 311 g/mol. The largest absolute Gasteiger partial charge is 0.484 e. The average molecular weight is 311 g/mol. The summed E-state index contributed by atoms with van der Waals surface area (Å²) < 4.78 is 40.9. The number of benzene rings is 1. The van der Waals surface area contributed by atoms with Crippen molar-refractivity contribution >= 4 is 5.82 Å². The van der Waals surface area contributed by atoms with E-state index >= 15 is 0 Å². The van der Waals surface area contributed by atoms with Gasteiger partial charge in [0.1, 0.15) is 11.6 Å². The highest BCUT2D eigenvalue weighted by atomic mass is 19.4. The molecule has 118 valence electrons. The number of hydrogen-bond acceptors (Lipinski definition) is 4. The van der Waals surface area contributed by atoms with E-state index in [1.54, 1.807) is 24.5 Å². The molecule has 0 saturated carbocycles. The maximum atomic E-state index is 12.1. The van der Waals surface area contributed by atoms with Crippen LogP contribution < -0.4 is 10.1 Å². The van der Waals surface area contributed by atoms with E-state index in [0.717, 1.165) is 11.3 Å². The minimum Gasteiger partial charge on any atom is -0.484 e. The number of aromatic nitrogens is 2. The fraction of sp³-hybridized carbons (Fsp3) is 0.333. The molecule has 0 aliphatic heterocycles. The first-order chi connectivity index (χ1) is 10.3. The van der Waals surface area contributed by atoms with Gasteiger partial charge >= 0.3 is 6.18 Å². The van der Waals surface area contributed by atoms with Crippen molar-refractivity contribution in [2.24, 2.45) is 0 Å². The first kappa shape index (κ1) is 16.1. The molecule has 0 bridgehead atoms. The zero-order valence-electron chi connectivity index (χ0n) is 12.2. The van der Waals surface area contributed by atoms with Crippen molar-refractivity contribution in [1.82, 2.24) is 9.97 Å². The zero-order chi connectivity index (χ0) is 16.2.